The lowest BCUT2D eigenvalue weighted by Gasteiger charge is -2.38. The number of ether oxygens (including phenoxy) is 1. The smallest absolute Gasteiger partial charge is 0.0518 e. The van der Waals surface area contributed by atoms with Crippen LogP contribution in [-0.2, 0) is 16.6 Å². The third-order valence-electron chi connectivity index (χ3n) is 3.98. The molecule has 1 atom stereocenters. The molecule has 1 aliphatic rings. The van der Waals surface area contributed by atoms with Crippen molar-refractivity contribution in [3.05, 3.63) is 35.4 Å². The van der Waals surface area contributed by atoms with Gasteiger partial charge in [0.1, 0.15) is 0 Å². The Kier molecular flexibility index (Phi) is 4.69. The number of benzene rings is 1. The first-order chi connectivity index (χ1) is 8.68. The van der Waals surface area contributed by atoms with Crippen molar-refractivity contribution in [1.82, 2.24) is 0 Å². The van der Waals surface area contributed by atoms with Gasteiger partial charge in [0, 0.05) is 17.9 Å². The quantitative estimate of drug-likeness (QED) is 0.722. The molecule has 2 rings (SSSR count). The van der Waals surface area contributed by atoms with Gasteiger partial charge < -0.3 is 4.74 Å². The second kappa shape index (κ2) is 6.08. The average molecular weight is 267 g/mol. The van der Waals surface area contributed by atoms with Gasteiger partial charge in [-0.1, -0.05) is 24.3 Å². The Bertz CT molecular complexity index is 388. The van der Waals surface area contributed by atoms with E-state index in [0.717, 1.165) is 13.0 Å². The normalized spacial score (nSPS) is 23.1. The predicted octanol–water partition coefficient (Wildman–Crippen LogP) is 4.31. The van der Waals surface area contributed by atoms with Gasteiger partial charge in [-0.25, -0.2) is 0 Å². The van der Waals surface area contributed by atoms with E-state index in [1.807, 2.05) is 0 Å². The fourth-order valence-electron chi connectivity index (χ4n) is 2.96. The number of hydrogen-bond acceptors (Lipinski definition) is 1. The summed E-state index contributed by atoms with van der Waals surface area (Å²) in [6.07, 6.45) is 4.96. The van der Waals surface area contributed by atoms with Crippen LogP contribution in [0.4, 0.5) is 0 Å². The molecule has 100 valence electrons. The highest BCUT2D eigenvalue weighted by molar-refractivity contribution is 6.18. The maximum absolute atomic E-state index is 6.32. The summed E-state index contributed by atoms with van der Waals surface area (Å²) in [5.74, 6) is 0.700. The van der Waals surface area contributed by atoms with E-state index in [0.29, 0.717) is 12.0 Å². The van der Waals surface area contributed by atoms with E-state index in [1.165, 1.54) is 30.4 Å². The first kappa shape index (κ1) is 13.9. The monoisotopic (exact) mass is 266 g/mol. The molecule has 0 saturated carbocycles. The zero-order valence-electron chi connectivity index (χ0n) is 11.4. The molecule has 0 bridgehead atoms. The first-order valence-corrected chi connectivity index (χ1v) is 7.47. The first-order valence-electron chi connectivity index (χ1n) is 6.94. The van der Waals surface area contributed by atoms with Crippen LogP contribution in [0.3, 0.4) is 0 Å². The maximum Gasteiger partial charge on any atom is 0.0518 e. The standard InChI is InChI=1S/C16H23ClO/c1-13(2)18-11-10-16(12-17)9-5-7-14-6-3-4-8-15(14)16/h3-4,6,8,13H,5,7,9-12H2,1-2H3. The number of alkyl halides is 1. The van der Waals surface area contributed by atoms with E-state index in [4.69, 9.17) is 16.3 Å². The fraction of sp³-hybridized carbons (Fsp3) is 0.625. The summed E-state index contributed by atoms with van der Waals surface area (Å²) in [4.78, 5) is 0. The molecular formula is C16H23ClO. The number of aryl methyl sites for hydroxylation is 1. The lowest BCUT2D eigenvalue weighted by Crippen LogP contribution is -2.34. The Morgan fingerprint density at radius 3 is 2.83 bits per heavy atom. The van der Waals surface area contributed by atoms with Crippen molar-refractivity contribution >= 4 is 11.6 Å². The zero-order chi connectivity index (χ0) is 13.0. The topological polar surface area (TPSA) is 9.23 Å². The molecule has 1 aromatic carbocycles. The van der Waals surface area contributed by atoms with E-state index in [-0.39, 0.29) is 5.41 Å². The Balaban J connectivity index is 2.17. The molecule has 0 spiro atoms. The Hall–Kier alpha value is -0.530. The van der Waals surface area contributed by atoms with Crippen LogP contribution in [0.1, 0.15) is 44.2 Å². The highest BCUT2D eigenvalue weighted by atomic mass is 35.5. The van der Waals surface area contributed by atoms with Crippen molar-refractivity contribution < 1.29 is 4.74 Å². The lowest BCUT2D eigenvalue weighted by molar-refractivity contribution is 0.0639. The number of rotatable bonds is 5. The number of halogens is 1. The lowest BCUT2D eigenvalue weighted by atomic mass is 9.69. The zero-order valence-corrected chi connectivity index (χ0v) is 12.2. The van der Waals surface area contributed by atoms with Crippen LogP contribution in [0, 0.1) is 0 Å². The van der Waals surface area contributed by atoms with Crippen molar-refractivity contribution in [2.45, 2.75) is 51.0 Å². The third kappa shape index (κ3) is 2.89. The van der Waals surface area contributed by atoms with Crippen LogP contribution >= 0.6 is 11.6 Å². The molecule has 2 heteroatoms. The Morgan fingerprint density at radius 1 is 1.33 bits per heavy atom. The summed E-state index contributed by atoms with van der Waals surface area (Å²) in [5.41, 5.74) is 3.07. The summed E-state index contributed by atoms with van der Waals surface area (Å²) in [5, 5.41) is 0. The summed E-state index contributed by atoms with van der Waals surface area (Å²) < 4.78 is 5.73. The summed E-state index contributed by atoms with van der Waals surface area (Å²) in [6.45, 7) is 4.98. The molecule has 0 fully saturated rings. The van der Waals surface area contributed by atoms with E-state index >= 15 is 0 Å². The molecule has 1 unspecified atom stereocenters. The van der Waals surface area contributed by atoms with Crippen LogP contribution in [0.5, 0.6) is 0 Å². The molecular weight excluding hydrogens is 244 g/mol. The number of hydrogen-bond donors (Lipinski definition) is 0. The Labute approximate surface area is 115 Å². The highest BCUT2D eigenvalue weighted by Crippen LogP contribution is 2.41. The van der Waals surface area contributed by atoms with Crippen LogP contribution in [0.15, 0.2) is 24.3 Å². The molecule has 0 radical (unpaired) electrons. The minimum atomic E-state index is 0.130. The van der Waals surface area contributed by atoms with Gasteiger partial charge in [0.2, 0.25) is 0 Å². The van der Waals surface area contributed by atoms with Gasteiger partial charge in [-0.15, -0.1) is 11.6 Å². The fourth-order valence-corrected chi connectivity index (χ4v) is 3.37. The van der Waals surface area contributed by atoms with E-state index in [2.05, 4.69) is 38.1 Å². The minimum absolute atomic E-state index is 0.130. The molecule has 0 heterocycles. The minimum Gasteiger partial charge on any atom is -0.379 e. The second-order valence-corrected chi connectivity index (χ2v) is 5.86. The SMILES string of the molecule is CC(C)OCCC1(CCl)CCCc2ccccc21. The average Bonchev–Trinajstić information content (AvgIpc) is 2.38. The predicted molar refractivity (Wildman–Crippen MR) is 77.5 cm³/mol. The molecule has 0 aromatic heterocycles. The highest BCUT2D eigenvalue weighted by Gasteiger charge is 2.35. The van der Waals surface area contributed by atoms with Gasteiger partial charge in [0.15, 0.2) is 0 Å². The molecule has 18 heavy (non-hydrogen) atoms. The van der Waals surface area contributed by atoms with Crippen LogP contribution in [0.2, 0.25) is 0 Å². The van der Waals surface area contributed by atoms with Crippen LogP contribution in [0.25, 0.3) is 0 Å². The molecule has 0 aliphatic heterocycles. The van der Waals surface area contributed by atoms with Crippen molar-refractivity contribution in [3.63, 3.8) is 0 Å². The molecule has 0 amide bonds. The molecule has 0 saturated heterocycles. The van der Waals surface area contributed by atoms with Gasteiger partial charge in [-0.2, -0.15) is 0 Å². The maximum atomic E-state index is 6.32. The van der Waals surface area contributed by atoms with Crippen molar-refractivity contribution in [2.75, 3.05) is 12.5 Å². The van der Waals surface area contributed by atoms with Crippen LogP contribution < -0.4 is 0 Å². The van der Waals surface area contributed by atoms with Gasteiger partial charge >= 0.3 is 0 Å². The Morgan fingerprint density at radius 2 is 2.11 bits per heavy atom. The second-order valence-electron chi connectivity index (χ2n) is 5.59. The summed E-state index contributed by atoms with van der Waals surface area (Å²) >= 11 is 6.32. The van der Waals surface area contributed by atoms with Crippen molar-refractivity contribution in [2.24, 2.45) is 0 Å². The van der Waals surface area contributed by atoms with Crippen molar-refractivity contribution in [3.8, 4) is 0 Å². The van der Waals surface area contributed by atoms with Gasteiger partial charge in [0.05, 0.1) is 6.10 Å². The van der Waals surface area contributed by atoms with Crippen LogP contribution in [-0.4, -0.2) is 18.6 Å². The molecule has 1 aromatic rings. The van der Waals surface area contributed by atoms with E-state index < -0.39 is 0 Å². The molecule has 1 nitrogen and oxygen atoms in total. The molecule has 1 aliphatic carbocycles. The van der Waals surface area contributed by atoms with Crippen molar-refractivity contribution in [1.29, 1.82) is 0 Å². The van der Waals surface area contributed by atoms with E-state index in [1.54, 1.807) is 0 Å². The van der Waals surface area contributed by atoms with Gasteiger partial charge in [-0.3, -0.25) is 0 Å². The summed E-state index contributed by atoms with van der Waals surface area (Å²) in [7, 11) is 0. The summed E-state index contributed by atoms with van der Waals surface area (Å²) in [6, 6.07) is 8.77. The van der Waals surface area contributed by atoms with Gasteiger partial charge in [-0.05, 0) is 50.7 Å². The third-order valence-corrected chi connectivity index (χ3v) is 4.49. The largest absolute Gasteiger partial charge is 0.379 e. The van der Waals surface area contributed by atoms with E-state index in [9.17, 15) is 0 Å². The van der Waals surface area contributed by atoms with Gasteiger partial charge in [0.25, 0.3) is 0 Å². The number of fused-ring (bicyclic) bond motifs is 1. The molecule has 0 N–H and O–H groups in total.